The molecule has 4 aromatic rings. The zero-order chi connectivity index (χ0) is 41.4. The average Bonchev–Trinajstić information content (AvgIpc) is 3.58. The lowest BCUT2D eigenvalue weighted by Crippen LogP contribution is -2.53. The number of ether oxygens (including phenoxy) is 2. The number of rotatable bonds is 8. The van der Waals surface area contributed by atoms with Crippen LogP contribution in [-0.4, -0.2) is 52.9 Å². The number of carbonyl (C=O) groups is 4. The Bertz CT molecular complexity index is 2440. The summed E-state index contributed by atoms with van der Waals surface area (Å²) in [5.74, 6) is -8.18. The van der Waals surface area contributed by atoms with Crippen molar-refractivity contribution in [1.29, 1.82) is 0 Å². The SMILES string of the molecule is C=Cc1ccc(N2C(=O)C3CC=C4C(CC5C(=O)N(Nc6ncc(C(F)(F)F)cc6Cl)C(=O)C5(c5ccc(Cl)cc5)C4c4c(O)cc(OC)cc4OC)C3C2=O)cc1. The summed E-state index contributed by atoms with van der Waals surface area (Å²) < 4.78 is 51.9. The van der Waals surface area contributed by atoms with Crippen LogP contribution in [0.2, 0.25) is 10.0 Å². The van der Waals surface area contributed by atoms with Crippen LogP contribution in [0.15, 0.2) is 91.2 Å². The fourth-order valence-corrected chi connectivity index (χ4v) is 9.61. The molecule has 298 valence electrons. The Morgan fingerprint density at radius 3 is 2.28 bits per heavy atom. The molecule has 2 aliphatic carbocycles. The van der Waals surface area contributed by atoms with E-state index in [0.29, 0.717) is 39.1 Å². The molecule has 6 unspecified atom stereocenters. The van der Waals surface area contributed by atoms with E-state index in [-0.39, 0.29) is 35.7 Å². The van der Waals surface area contributed by atoms with E-state index in [2.05, 4.69) is 17.0 Å². The summed E-state index contributed by atoms with van der Waals surface area (Å²) in [6.07, 6.45) is -0.862. The molecule has 4 amide bonds. The van der Waals surface area contributed by atoms with E-state index in [9.17, 15) is 32.7 Å². The highest BCUT2D eigenvalue weighted by molar-refractivity contribution is 6.33. The summed E-state index contributed by atoms with van der Waals surface area (Å²) >= 11 is 12.6. The molecular formula is C42H33Cl2F3N4O7. The molecule has 11 nitrogen and oxygen atoms in total. The topological polar surface area (TPSA) is 138 Å². The lowest BCUT2D eigenvalue weighted by Gasteiger charge is -2.50. The lowest BCUT2D eigenvalue weighted by molar-refractivity contribution is -0.139. The third-order valence-electron chi connectivity index (χ3n) is 11.8. The van der Waals surface area contributed by atoms with E-state index < -0.39 is 81.2 Å². The minimum absolute atomic E-state index is 0.0919. The number of imide groups is 2. The molecule has 2 aliphatic heterocycles. The van der Waals surface area contributed by atoms with Gasteiger partial charge in [0.1, 0.15) is 17.2 Å². The molecule has 1 aromatic heterocycles. The van der Waals surface area contributed by atoms with E-state index in [0.717, 1.165) is 10.5 Å². The monoisotopic (exact) mass is 832 g/mol. The highest BCUT2D eigenvalue weighted by Gasteiger charge is 2.71. The maximum absolute atomic E-state index is 15.5. The number of halogens is 5. The summed E-state index contributed by atoms with van der Waals surface area (Å²) in [5.41, 5.74) is 1.58. The number of fused-ring (bicyclic) bond motifs is 4. The van der Waals surface area contributed by atoms with Gasteiger partial charge >= 0.3 is 6.18 Å². The molecule has 0 spiro atoms. The van der Waals surface area contributed by atoms with E-state index in [1.807, 2.05) is 0 Å². The Labute approximate surface area is 339 Å². The number of benzene rings is 3. The average molecular weight is 834 g/mol. The molecule has 16 heteroatoms. The number of methoxy groups -OCH3 is 2. The first-order valence-electron chi connectivity index (χ1n) is 18.0. The number of allylic oxidation sites excluding steroid dienone is 2. The summed E-state index contributed by atoms with van der Waals surface area (Å²) in [4.78, 5) is 64.2. The van der Waals surface area contributed by atoms with Crippen molar-refractivity contribution in [2.45, 2.75) is 30.4 Å². The first-order chi connectivity index (χ1) is 27.6. The van der Waals surface area contributed by atoms with Crippen LogP contribution < -0.4 is 19.8 Å². The number of hydrogen-bond donors (Lipinski definition) is 2. The van der Waals surface area contributed by atoms with Crippen molar-refractivity contribution in [3.8, 4) is 17.2 Å². The van der Waals surface area contributed by atoms with E-state index in [4.69, 9.17) is 32.7 Å². The number of nitrogens with zero attached hydrogens (tertiary/aromatic N) is 3. The summed E-state index contributed by atoms with van der Waals surface area (Å²) in [6.45, 7) is 3.76. The second-order valence-corrected chi connectivity index (χ2v) is 15.3. The molecule has 3 fully saturated rings. The van der Waals surface area contributed by atoms with Crippen molar-refractivity contribution >= 4 is 64.4 Å². The van der Waals surface area contributed by atoms with Gasteiger partial charge in [0.15, 0.2) is 5.82 Å². The molecule has 3 aromatic carbocycles. The minimum Gasteiger partial charge on any atom is -0.507 e. The first kappa shape index (κ1) is 39.0. The summed E-state index contributed by atoms with van der Waals surface area (Å²) in [6, 6.07) is 16.5. The van der Waals surface area contributed by atoms with Crippen molar-refractivity contribution in [3.05, 3.63) is 123 Å². The third-order valence-corrected chi connectivity index (χ3v) is 12.3. The number of nitrogens with one attached hydrogen (secondary N) is 1. The van der Waals surface area contributed by atoms with Crippen molar-refractivity contribution < 1.29 is 46.9 Å². The third kappa shape index (κ3) is 5.83. The van der Waals surface area contributed by atoms with Crippen molar-refractivity contribution in [3.63, 3.8) is 0 Å². The number of amides is 4. The Kier molecular flexibility index (Phi) is 9.55. The van der Waals surface area contributed by atoms with Gasteiger partial charge in [-0.05, 0) is 60.2 Å². The number of aromatic nitrogens is 1. The van der Waals surface area contributed by atoms with Gasteiger partial charge in [-0.25, -0.2) is 4.98 Å². The minimum atomic E-state index is -4.78. The Balaban J connectivity index is 1.34. The van der Waals surface area contributed by atoms with Crippen LogP contribution in [0, 0.1) is 23.7 Å². The van der Waals surface area contributed by atoms with Gasteiger partial charge in [-0.3, -0.25) is 29.5 Å². The number of phenolic OH excluding ortho intramolecular Hbond substituents is 1. The van der Waals surface area contributed by atoms with Gasteiger partial charge in [0.2, 0.25) is 11.8 Å². The fourth-order valence-electron chi connectivity index (χ4n) is 9.27. The van der Waals surface area contributed by atoms with Gasteiger partial charge in [-0.1, -0.05) is 71.8 Å². The quantitative estimate of drug-likeness (QED) is 0.134. The maximum Gasteiger partial charge on any atom is 0.417 e. The molecule has 2 saturated heterocycles. The molecule has 8 rings (SSSR count). The van der Waals surface area contributed by atoms with Crippen molar-refractivity contribution in [2.24, 2.45) is 23.7 Å². The van der Waals surface area contributed by atoms with Crippen LogP contribution in [0.3, 0.4) is 0 Å². The Morgan fingerprint density at radius 1 is 0.948 bits per heavy atom. The van der Waals surface area contributed by atoms with Gasteiger partial charge in [-0.15, -0.1) is 0 Å². The van der Waals surface area contributed by atoms with E-state index in [1.54, 1.807) is 60.7 Å². The largest absolute Gasteiger partial charge is 0.507 e. The molecule has 6 atom stereocenters. The van der Waals surface area contributed by atoms with Gasteiger partial charge in [0.05, 0.1) is 53.7 Å². The molecule has 58 heavy (non-hydrogen) atoms. The van der Waals surface area contributed by atoms with Crippen LogP contribution in [0.5, 0.6) is 17.2 Å². The maximum atomic E-state index is 15.5. The Hall–Kier alpha value is -5.86. The second kappa shape index (κ2) is 14.2. The molecule has 3 heterocycles. The fraction of sp³-hybridized carbons (Fsp3) is 0.262. The Morgan fingerprint density at radius 2 is 1.66 bits per heavy atom. The zero-order valence-electron chi connectivity index (χ0n) is 30.7. The molecular weight excluding hydrogens is 800 g/mol. The van der Waals surface area contributed by atoms with E-state index in [1.165, 1.54) is 26.4 Å². The van der Waals surface area contributed by atoms with Gasteiger partial charge in [0.25, 0.3) is 11.8 Å². The molecule has 2 N–H and O–H groups in total. The number of aromatic hydroxyl groups is 1. The number of anilines is 2. The van der Waals surface area contributed by atoms with Crippen molar-refractivity contribution in [2.75, 3.05) is 24.5 Å². The smallest absolute Gasteiger partial charge is 0.417 e. The number of alkyl halides is 3. The van der Waals surface area contributed by atoms with Gasteiger partial charge < -0.3 is 14.6 Å². The standard InChI is InChI=1S/C42H33Cl2F3N4O7/c1-4-20-5-11-24(12-6-20)50-37(53)27-14-13-26-28(33(27)39(50)55)18-29-38(54)51(49-36-30(44)15-22(19-48-36)42(45,46)47)40(56)41(29,21-7-9-23(43)10-8-21)35(26)34-31(52)16-25(57-2)17-32(34)58-3/h4-13,15-17,19,27-29,33,35,52H,1,14,18H2,2-3H3,(H,48,49). The van der Waals surface area contributed by atoms with Crippen molar-refractivity contribution in [1.82, 2.24) is 9.99 Å². The second-order valence-electron chi connectivity index (χ2n) is 14.5. The predicted molar refractivity (Wildman–Crippen MR) is 207 cm³/mol. The van der Waals surface area contributed by atoms with Crippen LogP contribution in [-0.2, 0) is 30.8 Å². The highest BCUT2D eigenvalue weighted by atomic mass is 35.5. The van der Waals surface area contributed by atoms with E-state index >= 15 is 4.79 Å². The zero-order valence-corrected chi connectivity index (χ0v) is 32.2. The number of phenols is 1. The van der Waals surface area contributed by atoms with Crippen LogP contribution in [0.1, 0.15) is 41.0 Å². The lowest BCUT2D eigenvalue weighted by atomic mass is 9.49. The molecule has 4 aliphatic rings. The number of carbonyl (C=O) groups excluding carboxylic acids is 4. The summed E-state index contributed by atoms with van der Waals surface area (Å²) in [7, 11) is 2.75. The predicted octanol–water partition coefficient (Wildman–Crippen LogP) is 7.96. The van der Waals surface area contributed by atoms with Crippen LogP contribution in [0.25, 0.3) is 6.08 Å². The molecule has 1 saturated carbocycles. The normalized spacial score (nSPS) is 25.2. The number of hydrogen-bond acceptors (Lipinski definition) is 9. The molecule has 0 radical (unpaired) electrons. The number of pyridine rings is 1. The molecule has 0 bridgehead atoms. The van der Waals surface area contributed by atoms with Gasteiger partial charge in [-0.2, -0.15) is 18.2 Å². The summed E-state index contributed by atoms with van der Waals surface area (Å²) in [5, 5.41) is 12.4. The first-order valence-corrected chi connectivity index (χ1v) is 18.8. The van der Waals surface area contributed by atoms with Crippen LogP contribution >= 0.6 is 23.2 Å². The van der Waals surface area contributed by atoms with Crippen LogP contribution in [0.4, 0.5) is 24.7 Å². The highest BCUT2D eigenvalue weighted by Crippen LogP contribution is 2.66. The number of hydrazine groups is 1. The van der Waals surface area contributed by atoms with Gasteiger partial charge in [0, 0.05) is 34.8 Å².